The molecule has 1 aliphatic rings. The maximum absolute atomic E-state index is 12.9. The minimum Gasteiger partial charge on any atom is -0.507 e. The van der Waals surface area contributed by atoms with Crippen LogP contribution in [-0.4, -0.2) is 26.9 Å². The maximum Gasteiger partial charge on any atom is 0.301 e. The Hall–Kier alpha value is -3.98. The van der Waals surface area contributed by atoms with Gasteiger partial charge < -0.3 is 9.63 Å². The van der Waals surface area contributed by atoms with Gasteiger partial charge in [-0.05, 0) is 48.9 Å². The number of aromatic nitrogens is 1. The Labute approximate surface area is 180 Å². The fourth-order valence-electron chi connectivity index (χ4n) is 3.39. The largest absolute Gasteiger partial charge is 0.507 e. The third-order valence-corrected chi connectivity index (χ3v) is 5.10. The van der Waals surface area contributed by atoms with Crippen molar-refractivity contribution in [2.45, 2.75) is 13.0 Å². The average Bonchev–Trinajstić information content (AvgIpc) is 3.29. The first-order chi connectivity index (χ1) is 14.8. The lowest BCUT2D eigenvalue weighted by molar-refractivity contribution is -0.384. The molecule has 10 heteroatoms. The van der Waals surface area contributed by atoms with E-state index in [0.29, 0.717) is 16.3 Å². The number of rotatable bonds is 4. The molecule has 0 radical (unpaired) electrons. The number of Topliss-reactive ketones (excluding diaryl/α,β-unsaturated/α-hetero) is 1. The van der Waals surface area contributed by atoms with Crippen LogP contribution in [-0.2, 0) is 9.59 Å². The number of carbonyl (C=O) groups is 2. The molecular formula is C21H14ClN3O6. The van der Waals surface area contributed by atoms with E-state index in [1.165, 1.54) is 54.6 Å². The number of benzene rings is 2. The van der Waals surface area contributed by atoms with Gasteiger partial charge >= 0.3 is 5.91 Å². The molecular weight excluding hydrogens is 426 g/mol. The summed E-state index contributed by atoms with van der Waals surface area (Å²) in [6, 6.07) is 11.9. The summed E-state index contributed by atoms with van der Waals surface area (Å²) < 4.78 is 5.05. The molecule has 4 rings (SSSR count). The Kier molecular flexibility index (Phi) is 5.04. The first-order valence-electron chi connectivity index (χ1n) is 9.02. The summed E-state index contributed by atoms with van der Waals surface area (Å²) in [6.45, 7) is 1.63. The molecule has 2 aromatic carbocycles. The SMILES string of the molecule is Cc1cc(N2C(=O)C(=O)/C(=C(/O)c3ccc(Cl)cc3)[C@H]2c2ccc([N+](=O)[O-])cc2)no1. The van der Waals surface area contributed by atoms with Gasteiger partial charge in [0.05, 0.1) is 16.5 Å². The van der Waals surface area contributed by atoms with Gasteiger partial charge in [0.15, 0.2) is 5.82 Å². The summed E-state index contributed by atoms with van der Waals surface area (Å²) in [5.41, 5.74) is 0.323. The lowest BCUT2D eigenvalue weighted by Crippen LogP contribution is -2.29. The van der Waals surface area contributed by atoms with E-state index in [1.54, 1.807) is 6.92 Å². The topological polar surface area (TPSA) is 127 Å². The predicted octanol–water partition coefficient (Wildman–Crippen LogP) is 4.17. The zero-order valence-electron chi connectivity index (χ0n) is 16.0. The standard InChI is InChI=1S/C21H14ClN3O6/c1-11-10-16(23-31-11)24-18(12-4-8-15(9-5-12)25(29)30)17(20(27)21(24)28)19(26)13-2-6-14(22)7-3-13/h2-10,18,26H,1H3/b19-17+/t18-/m1/s1. The highest BCUT2D eigenvalue weighted by molar-refractivity contribution is 6.51. The van der Waals surface area contributed by atoms with Crippen molar-refractivity contribution < 1.29 is 24.1 Å². The average molecular weight is 440 g/mol. The Morgan fingerprint density at radius 2 is 1.81 bits per heavy atom. The van der Waals surface area contributed by atoms with E-state index < -0.39 is 28.4 Å². The number of hydrogen-bond donors (Lipinski definition) is 1. The summed E-state index contributed by atoms with van der Waals surface area (Å²) in [5.74, 6) is -1.74. The fraction of sp³-hybridized carbons (Fsp3) is 0.0952. The Balaban J connectivity index is 1.92. The summed E-state index contributed by atoms with van der Waals surface area (Å²) in [5, 5.41) is 26.2. The summed E-state index contributed by atoms with van der Waals surface area (Å²) in [6.07, 6.45) is 0. The number of ketones is 1. The third kappa shape index (κ3) is 3.55. The van der Waals surface area contributed by atoms with Crippen LogP contribution >= 0.6 is 11.6 Å². The number of aliphatic hydroxyl groups excluding tert-OH is 1. The molecule has 156 valence electrons. The van der Waals surface area contributed by atoms with Gasteiger partial charge in [-0.1, -0.05) is 16.8 Å². The van der Waals surface area contributed by atoms with E-state index >= 15 is 0 Å². The van der Waals surface area contributed by atoms with Gasteiger partial charge in [0.1, 0.15) is 11.5 Å². The summed E-state index contributed by atoms with van der Waals surface area (Å²) >= 11 is 5.90. The van der Waals surface area contributed by atoms with Gasteiger partial charge in [-0.2, -0.15) is 0 Å². The number of nitro groups is 1. The van der Waals surface area contributed by atoms with E-state index in [9.17, 15) is 24.8 Å². The monoisotopic (exact) mass is 439 g/mol. The molecule has 0 aliphatic carbocycles. The fourth-order valence-corrected chi connectivity index (χ4v) is 3.52. The van der Waals surface area contributed by atoms with Crippen LogP contribution in [0.25, 0.3) is 5.76 Å². The van der Waals surface area contributed by atoms with Crippen LogP contribution in [0.3, 0.4) is 0 Å². The van der Waals surface area contributed by atoms with Crippen molar-refractivity contribution in [1.82, 2.24) is 5.16 Å². The third-order valence-electron chi connectivity index (χ3n) is 4.84. The van der Waals surface area contributed by atoms with Crippen molar-refractivity contribution in [3.05, 3.63) is 92.2 Å². The molecule has 2 heterocycles. The highest BCUT2D eigenvalue weighted by atomic mass is 35.5. The maximum atomic E-state index is 12.9. The quantitative estimate of drug-likeness (QED) is 0.212. The van der Waals surface area contributed by atoms with Crippen LogP contribution < -0.4 is 4.90 Å². The van der Waals surface area contributed by atoms with Crippen LogP contribution in [0.2, 0.25) is 5.02 Å². The molecule has 1 N–H and O–H groups in total. The summed E-state index contributed by atoms with van der Waals surface area (Å²) in [4.78, 5) is 37.4. The molecule has 1 atom stereocenters. The second-order valence-corrected chi connectivity index (χ2v) is 7.26. The molecule has 0 unspecified atom stereocenters. The van der Waals surface area contributed by atoms with Gasteiger partial charge in [-0.15, -0.1) is 0 Å². The van der Waals surface area contributed by atoms with Crippen molar-refractivity contribution in [1.29, 1.82) is 0 Å². The molecule has 1 saturated heterocycles. The molecule has 1 fully saturated rings. The van der Waals surface area contributed by atoms with E-state index in [4.69, 9.17) is 16.1 Å². The number of hydrogen-bond acceptors (Lipinski definition) is 7. The molecule has 31 heavy (non-hydrogen) atoms. The zero-order valence-corrected chi connectivity index (χ0v) is 16.7. The predicted molar refractivity (Wildman–Crippen MR) is 111 cm³/mol. The molecule has 1 amide bonds. The normalized spacial score (nSPS) is 17.9. The van der Waals surface area contributed by atoms with Gasteiger partial charge in [-0.3, -0.25) is 24.6 Å². The number of anilines is 1. The van der Waals surface area contributed by atoms with Gasteiger partial charge in [0.2, 0.25) is 0 Å². The van der Waals surface area contributed by atoms with Crippen LogP contribution in [0.4, 0.5) is 11.5 Å². The van der Waals surface area contributed by atoms with Crippen molar-refractivity contribution in [3.63, 3.8) is 0 Å². The molecule has 9 nitrogen and oxygen atoms in total. The van der Waals surface area contributed by atoms with Crippen molar-refractivity contribution >= 4 is 40.6 Å². The number of aryl methyl sites for hydroxylation is 1. The van der Waals surface area contributed by atoms with E-state index in [1.807, 2.05) is 0 Å². The molecule has 0 bridgehead atoms. The molecule has 1 aliphatic heterocycles. The minimum absolute atomic E-state index is 0.0816. The van der Waals surface area contributed by atoms with Crippen molar-refractivity contribution in [3.8, 4) is 0 Å². The van der Waals surface area contributed by atoms with Crippen molar-refractivity contribution in [2.24, 2.45) is 0 Å². The number of aliphatic hydroxyl groups is 1. The molecule has 3 aromatic rings. The smallest absolute Gasteiger partial charge is 0.301 e. The Morgan fingerprint density at radius 3 is 2.35 bits per heavy atom. The van der Waals surface area contributed by atoms with Crippen LogP contribution in [0.15, 0.2) is 64.7 Å². The van der Waals surface area contributed by atoms with E-state index in [2.05, 4.69) is 5.16 Å². The first kappa shape index (κ1) is 20.3. The number of non-ortho nitro benzene ring substituents is 1. The second kappa shape index (κ2) is 7.69. The van der Waals surface area contributed by atoms with Crippen LogP contribution in [0.5, 0.6) is 0 Å². The van der Waals surface area contributed by atoms with Crippen LogP contribution in [0, 0.1) is 17.0 Å². The Morgan fingerprint density at radius 1 is 1.16 bits per heavy atom. The van der Waals surface area contributed by atoms with Gasteiger partial charge in [-0.25, -0.2) is 0 Å². The van der Waals surface area contributed by atoms with E-state index in [0.717, 1.165) is 4.90 Å². The number of halogens is 1. The minimum atomic E-state index is -1.07. The lowest BCUT2D eigenvalue weighted by Gasteiger charge is -2.22. The number of nitro benzene ring substituents is 1. The van der Waals surface area contributed by atoms with E-state index in [-0.39, 0.29) is 22.6 Å². The molecule has 1 aromatic heterocycles. The highest BCUT2D eigenvalue weighted by Gasteiger charge is 2.48. The van der Waals surface area contributed by atoms with Crippen molar-refractivity contribution in [2.75, 3.05) is 4.90 Å². The Bertz CT molecular complexity index is 1230. The molecule has 0 saturated carbocycles. The highest BCUT2D eigenvalue weighted by Crippen LogP contribution is 2.42. The number of carbonyl (C=O) groups excluding carboxylic acids is 2. The first-order valence-corrected chi connectivity index (χ1v) is 9.40. The van der Waals surface area contributed by atoms with Crippen LogP contribution in [0.1, 0.15) is 22.9 Å². The molecule has 0 spiro atoms. The zero-order chi connectivity index (χ0) is 22.3. The van der Waals surface area contributed by atoms with Gasteiger partial charge in [0.25, 0.3) is 11.5 Å². The summed E-state index contributed by atoms with van der Waals surface area (Å²) in [7, 11) is 0. The lowest BCUT2D eigenvalue weighted by atomic mass is 9.95. The number of nitrogens with zero attached hydrogens (tertiary/aromatic N) is 3. The second-order valence-electron chi connectivity index (χ2n) is 6.82. The van der Waals surface area contributed by atoms with Gasteiger partial charge in [0, 0.05) is 28.8 Å². The number of amides is 1.